The summed E-state index contributed by atoms with van der Waals surface area (Å²) in [5.41, 5.74) is 0. The standard InChI is InChI=1S/C16H25N3O3/c1-2-14-17-16(18-22-14)12-5-3-9-19(11-12)15(20)8-7-13-6-4-10-21-13/h12-13H,2-11H2,1H3/t12-,13+/m0/s1. The molecule has 6 heteroatoms. The van der Waals surface area contributed by atoms with Crippen molar-refractivity contribution in [3.05, 3.63) is 11.7 Å². The van der Waals surface area contributed by atoms with E-state index in [2.05, 4.69) is 10.1 Å². The summed E-state index contributed by atoms with van der Waals surface area (Å²) in [5.74, 6) is 1.88. The van der Waals surface area contributed by atoms with E-state index in [9.17, 15) is 4.79 Å². The number of amides is 1. The van der Waals surface area contributed by atoms with Crippen LogP contribution in [0.15, 0.2) is 4.52 Å². The molecule has 122 valence electrons. The van der Waals surface area contributed by atoms with E-state index in [1.54, 1.807) is 0 Å². The molecule has 0 aliphatic carbocycles. The van der Waals surface area contributed by atoms with Crippen LogP contribution in [0.4, 0.5) is 0 Å². The number of carbonyl (C=O) groups is 1. The maximum absolute atomic E-state index is 12.4. The van der Waals surface area contributed by atoms with Crippen LogP contribution in [0.2, 0.25) is 0 Å². The topological polar surface area (TPSA) is 68.5 Å². The molecule has 2 aliphatic rings. The van der Waals surface area contributed by atoms with Crippen molar-refractivity contribution in [2.45, 2.75) is 63.9 Å². The lowest BCUT2D eigenvalue weighted by atomic mass is 9.97. The van der Waals surface area contributed by atoms with E-state index < -0.39 is 0 Å². The molecule has 1 amide bonds. The van der Waals surface area contributed by atoms with Crippen LogP contribution in [0.3, 0.4) is 0 Å². The number of hydrogen-bond donors (Lipinski definition) is 0. The molecule has 1 aromatic heterocycles. The van der Waals surface area contributed by atoms with Crippen LogP contribution in [0.25, 0.3) is 0 Å². The lowest BCUT2D eigenvalue weighted by Crippen LogP contribution is -2.39. The van der Waals surface area contributed by atoms with Gasteiger partial charge in [0.1, 0.15) is 0 Å². The second-order valence-electron chi connectivity index (χ2n) is 6.25. The molecule has 2 aliphatic heterocycles. The van der Waals surface area contributed by atoms with Gasteiger partial charge in [0, 0.05) is 38.5 Å². The Morgan fingerprint density at radius 3 is 3.00 bits per heavy atom. The molecule has 3 heterocycles. The first-order chi connectivity index (χ1) is 10.8. The van der Waals surface area contributed by atoms with E-state index in [-0.39, 0.29) is 17.9 Å². The zero-order chi connectivity index (χ0) is 15.4. The minimum atomic E-state index is 0.212. The molecule has 0 bridgehead atoms. The fourth-order valence-corrected chi connectivity index (χ4v) is 3.31. The molecule has 2 saturated heterocycles. The monoisotopic (exact) mass is 307 g/mol. The van der Waals surface area contributed by atoms with Crippen molar-refractivity contribution in [1.29, 1.82) is 0 Å². The lowest BCUT2D eigenvalue weighted by molar-refractivity contribution is -0.133. The molecule has 22 heavy (non-hydrogen) atoms. The summed E-state index contributed by atoms with van der Waals surface area (Å²) in [4.78, 5) is 18.8. The minimum Gasteiger partial charge on any atom is -0.378 e. The van der Waals surface area contributed by atoms with E-state index in [1.807, 2.05) is 11.8 Å². The third-order valence-corrected chi connectivity index (χ3v) is 4.63. The van der Waals surface area contributed by atoms with Gasteiger partial charge in [-0.05, 0) is 32.1 Å². The Balaban J connectivity index is 1.51. The van der Waals surface area contributed by atoms with E-state index in [4.69, 9.17) is 9.26 Å². The van der Waals surface area contributed by atoms with Crippen LogP contribution in [-0.2, 0) is 16.0 Å². The van der Waals surface area contributed by atoms with Crippen LogP contribution in [-0.4, -0.2) is 46.7 Å². The second kappa shape index (κ2) is 7.22. The van der Waals surface area contributed by atoms with E-state index >= 15 is 0 Å². The Bertz CT molecular complexity index is 497. The first-order valence-electron chi connectivity index (χ1n) is 8.48. The van der Waals surface area contributed by atoms with Gasteiger partial charge in [-0.15, -0.1) is 0 Å². The van der Waals surface area contributed by atoms with Gasteiger partial charge < -0.3 is 14.2 Å². The molecule has 6 nitrogen and oxygen atoms in total. The van der Waals surface area contributed by atoms with Crippen LogP contribution >= 0.6 is 0 Å². The highest BCUT2D eigenvalue weighted by Crippen LogP contribution is 2.26. The molecular weight excluding hydrogens is 282 g/mol. The van der Waals surface area contributed by atoms with Gasteiger partial charge in [0.25, 0.3) is 0 Å². The van der Waals surface area contributed by atoms with Crippen LogP contribution in [0, 0.1) is 0 Å². The van der Waals surface area contributed by atoms with Gasteiger partial charge in [0.2, 0.25) is 11.8 Å². The highest BCUT2D eigenvalue weighted by atomic mass is 16.5. The number of hydrogen-bond acceptors (Lipinski definition) is 5. The zero-order valence-electron chi connectivity index (χ0n) is 13.3. The maximum atomic E-state index is 12.4. The summed E-state index contributed by atoms with van der Waals surface area (Å²) >= 11 is 0. The summed E-state index contributed by atoms with van der Waals surface area (Å²) in [6.07, 6.45) is 6.73. The molecule has 3 rings (SSSR count). The molecule has 0 N–H and O–H groups in total. The van der Waals surface area contributed by atoms with Crippen molar-refractivity contribution in [1.82, 2.24) is 15.0 Å². The molecule has 1 aromatic rings. The Kier molecular flexibility index (Phi) is 5.08. The Labute approximate surface area is 131 Å². The van der Waals surface area contributed by atoms with Crippen LogP contribution < -0.4 is 0 Å². The number of likely N-dealkylation sites (tertiary alicyclic amines) is 1. The summed E-state index contributed by atoms with van der Waals surface area (Å²) in [7, 11) is 0. The van der Waals surface area contributed by atoms with Gasteiger partial charge in [-0.25, -0.2) is 0 Å². The van der Waals surface area contributed by atoms with Crippen molar-refractivity contribution in [2.75, 3.05) is 19.7 Å². The molecule has 0 unspecified atom stereocenters. The highest BCUT2D eigenvalue weighted by molar-refractivity contribution is 5.76. The fourth-order valence-electron chi connectivity index (χ4n) is 3.31. The molecule has 0 saturated carbocycles. The van der Waals surface area contributed by atoms with Crippen LogP contribution in [0.5, 0.6) is 0 Å². The van der Waals surface area contributed by atoms with Gasteiger partial charge in [0.05, 0.1) is 6.10 Å². The number of piperidine rings is 1. The fraction of sp³-hybridized carbons (Fsp3) is 0.812. The highest BCUT2D eigenvalue weighted by Gasteiger charge is 2.28. The number of aromatic nitrogens is 2. The predicted octanol–water partition coefficient (Wildman–Crippen LogP) is 2.30. The first kappa shape index (κ1) is 15.5. The summed E-state index contributed by atoms with van der Waals surface area (Å²) < 4.78 is 10.8. The Morgan fingerprint density at radius 2 is 2.27 bits per heavy atom. The Hall–Kier alpha value is -1.43. The quantitative estimate of drug-likeness (QED) is 0.835. The average Bonchev–Trinajstić information content (AvgIpc) is 3.24. The summed E-state index contributed by atoms with van der Waals surface area (Å²) in [5, 5.41) is 4.07. The smallest absolute Gasteiger partial charge is 0.226 e. The molecule has 0 spiro atoms. The molecule has 2 fully saturated rings. The molecule has 2 atom stereocenters. The Morgan fingerprint density at radius 1 is 1.36 bits per heavy atom. The molecular formula is C16H25N3O3. The zero-order valence-corrected chi connectivity index (χ0v) is 13.3. The van der Waals surface area contributed by atoms with Gasteiger partial charge >= 0.3 is 0 Å². The normalized spacial score (nSPS) is 25.6. The largest absolute Gasteiger partial charge is 0.378 e. The van der Waals surface area contributed by atoms with E-state index in [0.717, 1.165) is 57.5 Å². The summed E-state index contributed by atoms with van der Waals surface area (Å²) in [6, 6.07) is 0. The maximum Gasteiger partial charge on any atom is 0.226 e. The van der Waals surface area contributed by atoms with Crippen LogP contribution in [0.1, 0.15) is 63.1 Å². The van der Waals surface area contributed by atoms with Crippen molar-refractivity contribution in [3.8, 4) is 0 Å². The number of nitrogens with zero attached hydrogens (tertiary/aromatic N) is 3. The van der Waals surface area contributed by atoms with Gasteiger partial charge in [-0.3, -0.25) is 4.79 Å². The van der Waals surface area contributed by atoms with Crippen molar-refractivity contribution in [2.24, 2.45) is 0 Å². The minimum absolute atomic E-state index is 0.212. The third-order valence-electron chi connectivity index (χ3n) is 4.63. The molecule has 0 radical (unpaired) electrons. The van der Waals surface area contributed by atoms with Gasteiger partial charge in [0.15, 0.2) is 5.82 Å². The van der Waals surface area contributed by atoms with E-state index in [0.29, 0.717) is 18.9 Å². The predicted molar refractivity (Wildman–Crippen MR) is 80.4 cm³/mol. The number of rotatable bonds is 5. The molecule has 0 aromatic carbocycles. The van der Waals surface area contributed by atoms with Gasteiger partial charge in [-0.1, -0.05) is 12.1 Å². The van der Waals surface area contributed by atoms with Gasteiger partial charge in [-0.2, -0.15) is 4.98 Å². The summed E-state index contributed by atoms with van der Waals surface area (Å²) in [6.45, 7) is 4.41. The van der Waals surface area contributed by atoms with Crippen molar-refractivity contribution >= 4 is 5.91 Å². The average molecular weight is 307 g/mol. The van der Waals surface area contributed by atoms with Crippen molar-refractivity contribution in [3.63, 3.8) is 0 Å². The first-order valence-corrected chi connectivity index (χ1v) is 8.48. The van der Waals surface area contributed by atoms with Crippen molar-refractivity contribution < 1.29 is 14.1 Å². The number of ether oxygens (including phenoxy) is 1. The second-order valence-corrected chi connectivity index (χ2v) is 6.25. The number of aryl methyl sites for hydroxylation is 1. The SMILES string of the molecule is CCc1nc([C@H]2CCCN(C(=O)CC[C@H]3CCCO3)C2)no1. The lowest BCUT2D eigenvalue weighted by Gasteiger charge is -2.31. The van der Waals surface area contributed by atoms with E-state index in [1.165, 1.54) is 0 Å². The third kappa shape index (κ3) is 3.66. The number of carbonyl (C=O) groups excluding carboxylic acids is 1.